The zero-order chi connectivity index (χ0) is 17.0. The Morgan fingerprint density at radius 3 is 2.61 bits per heavy atom. The molecule has 5 nitrogen and oxygen atoms in total. The van der Waals surface area contributed by atoms with Crippen molar-refractivity contribution in [3.8, 4) is 0 Å². The summed E-state index contributed by atoms with van der Waals surface area (Å²) >= 11 is 0. The molecule has 1 N–H and O–H groups in total. The van der Waals surface area contributed by atoms with Gasteiger partial charge in [-0.3, -0.25) is 0 Å². The monoisotopic (exact) mass is 319 g/mol. The first-order chi connectivity index (χ1) is 10.8. The molecule has 0 heterocycles. The fourth-order valence-corrected chi connectivity index (χ4v) is 2.81. The van der Waals surface area contributed by atoms with Gasteiger partial charge < -0.3 is 14.8 Å². The molecule has 23 heavy (non-hydrogen) atoms. The Morgan fingerprint density at radius 2 is 1.96 bits per heavy atom. The summed E-state index contributed by atoms with van der Waals surface area (Å²) < 4.78 is 10.1. The second-order valence-electron chi connectivity index (χ2n) is 6.85. The summed E-state index contributed by atoms with van der Waals surface area (Å²) in [7, 11) is 1.37. The Morgan fingerprint density at radius 1 is 1.22 bits per heavy atom. The van der Waals surface area contributed by atoms with E-state index in [0.29, 0.717) is 5.56 Å². The number of rotatable bonds is 2. The first-order valence-corrected chi connectivity index (χ1v) is 8.01. The molecule has 1 aliphatic carbocycles. The van der Waals surface area contributed by atoms with E-state index in [1.165, 1.54) is 7.11 Å². The van der Waals surface area contributed by atoms with Crippen LogP contribution in [0.25, 0.3) is 0 Å². The Bertz CT molecular complexity index is 589. The van der Waals surface area contributed by atoms with Gasteiger partial charge in [0, 0.05) is 0 Å². The molecule has 0 saturated heterocycles. The molecular weight excluding hydrogens is 294 g/mol. The maximum absolute atomic E-state index is 12.1. The fraction of sp³-hybridized carbons (Fsp3) is 0.556. The van der Waals surface area contributed by atoms with Gasteiger partial charge in [-0.15, -0.1) is 0 Å². The molecule has 0 radical (unpaired) electrons. The third-order valence-corrected chi connectivity index (χ3v) is 3.82. The van der Waals surface area contributed by atoms with E-state index in [0.717, 1.165) is 36.8 Å². The molecule has 0 fully saturated rings. The maximum Gasteiger partial charge on any atom is 0.408 e. The van der Waals surface area contributed by atoms with Gasteiger partial charge in [-0.25, -0.2) is 9.59 Å². The molecule has 0 spiro atoms. The third kappa shape index (κ3) is 4.71. The number of hydrogen-bond acceptors (Lipinski definition) is 4. The number of hydrogen-bond donors (Lipinski definition) is 1. The Labute approximate surface area is 137 Å². The molecule has 1 amide bonds. The summed E-state index contributed by atoms with van der Waals surface area (Å²) in [4.78, 5) is 23.9. The molecule has 1 aromatic rings. The van der Waals surface area contributed by atoms with Gasteiger partial charge in [0.05, 0.1) is 18.7 Å². The van der Waals surface area contributed by atoms with Crippen molar-refractivity contribution in [2.24, 2.45) is 0 Å². The third-order valence-electron chi connectivity index (χ3n) is 3.82. The van der Waals surface area contributed by atoms with Crippen molar-refractivity contribution in [3.05, 3.63) is 34.9 Å². The van der Waals surface area contributed by atoms with Gasteiger partial charge in [-0.1, -0.05) is 12.5 Å². The molecule has 0 aromatic heterocycles. The van der Waals surface area contributed by atoms with E-state index < -0.39 is 11.7 Å². The lowest BCUT2D eigenvalue weighted by Crippen LogP contribution is -2.35. The number of amides is 1. The lowest BCUT2D eigenvalue weighted by Gasteiger charge is -2.24. The van der Waals surface area contributed by atoms with E-state index in [-0.39, 0.29) is 12.0 Å². The summed E-state index contributed by atoms with van der Waals surface area (Å²) in [5.74, 6) is -0.368. The summed E-state index contributed by atoms with van der Waals surface area (Å²) in [6.45, 7) is 5.51. The van der Waals surface area contributed by atoms with Crippen molar-refractivity contribution in [1.82, 2.24) is 5.32 Å². The number of carbonyl (C=O) groups excluding carboxylic acids is 2. The van der Waals surface area contributed by atoms with Crippen LogP contribution in [0.3, 0.4) is 0 Å². The van der Waals surface area contributed by atoms with Gasteiger partial charge >= 0.3 is 12.1 Å². The molecule has 5 heteroatoms. The number of alkyl carbamates (subject to hydrolysis) is 1. The van der Waals surface area contributed by atoms with Crippen LogP contribution in [0.5, 0.6) is 0 Å². The Kier molecular flexibility index (Phi) is 5.29. The van der Waals surface area contributed by atoms with E-state index in [1.807, 2.05) is 32.9 Å². The van der Waals surface area contributed by atoms with Crippen LogP contribution in [-0.4, -0.2) is 24.8 Å². The Hall–Kier alpha value is -2.04. The zero-order valence-electron chi connectivity index (χ0n) is 14.3. The van der Waals surface area contributed by atoms with E-state index in [9.17, 15) is 9.59 Å². The molecule has 1 unspecified atom stereocenters. The average molecular weight is 319 g/mol. The minimum absolute atomic E-state index is 0.146. The molecule has 1 aliphatic rings. The molecular formula is C18H25NO4. The van der Waals surface area contributed by atoms with Crippen LogP contribution < -0.4 is 5.32 Å². The van der Waals surface area contributed by atoms with Crippen LogP contribution in [0.4, 0.5) is 4.79 Å². The Balaban J connectivity index is 2.25. The molecule has 1 atom stereocenters. The molecule has 1 aromatic carbocycles. The number of aryl methyl sites for hydroxylation is 1. The van der Waals surface area contributed by atoms with Crippen LogP contribution in [0.1, 0.15) is 67.6 Å². The number of esters is 1. The summed E-state index contributed by atoms with van der Waals surface area (Å²) in [6.07, 6.45) is 3.43. The number of nitrogens with one attached hydrogen (secondary N) is 1. The standard InChI is InChI=1S/C18H25NO4/c1-18(2,3)23-17(21)19-15-8-6-5-7-12-9-10-13(11-14(12)15)16(20)22-4/h9-11,15H,5-8H2,1-4H3,(H,19,21). The van der Waals surface area contributed by atoms with Gasteiger partial charge in [-0.2, -0.15) is 0 Å². The van der Waals surface area contributed by atoms with Gasteiger partial charge in [0.15, 0.2) is 0 Å². The first-order valence-electron chi connectivity index (χ1n) is 8.01. The lowest BCUT2D eigenvalue weighted by atomic mass is 9.96. The van der Waals surface area contributed by atoms with Crippen molar-refractivity contribution < 1.29 is 19.1 Å². The van der Waals surface area contributed by atoms with Gasteiger partial charge in [-0.05, 0) is 63.3 Å². The number of ether oxygens (including phenoxy) is 2. The van der Waals surface area contributed by atoms with Crippen LogP contribution >= 0.6 is 0 Å². The number of fused-ring (bicyclic) bond motifs is 1. The highest BCUT2D eigenvalue weighted by atomic mass is 16.6. The van der Waals surface area contributed by atoms with Gasteiger partial charge in [0.2, 0.25) is 0 Å². The average Bonchev–Trinajstić information content (AvgIpc) is 2.66. The van der Waals surface area contributed by atoms with Gasteiger partial charge in [0.1, 0.15) is 5.60 Å². The van der Waals surface area contributed by atoms with E-state index in [4.69, 9.17) is 9.47 Å². The van der Waals surface area contributed by atoms with Crippen molar-refractivity contribution in [1.29, 1.82) is 0 Å². The van der Waals surface area contributed by atoms with Crippen LogP contribution in [-0.2, 0) is 15.9 Å². The number of carbonyl (C=O) groups is 2. The normalized spacial score (nSPS) is 17.7. The van der Waals surface area contributed by atoms with Crippen molar-refractivity contribution in [2.45, 2.75) is 58.1 Å². The quantitative estimate of drug-likeness (QED) is 0.666. The lowest BCUT2D eigenvalue weighted by molar-refractivity contribution is 0.0500. The molecule has 126 valence electrons. The number of methoxy groups -OCH3 is 1. The van der Waals surface area contributed by atoms with E-state index in [2.05, 4.69) is 5.32 Å². The van der Waals surface area contributed by atoms with E-state index in [1.54, 1.807) is 6.07 Å². The highest BCUT2D eigenvalue weighted by molar-refractivity contribution is 5.89. The van der Waals surface area contributed by atoms with Crippen molar-refractivity contribution in [3.63, 3.8) is 0 Å². The number of benzene rings is 1. The van der Waals surface area contributed by atoms with Crippen LogP contribution in [0.2, 0.25) is 0 Å². The fourth-order valence-electron chi connectivity index (χ4n) is 2.81. The first kappa shape index (κ1) is 17.3. The summed E-state index contributed by atoms with van der Waals surface area (Å²) in [5, 5.41) is 2.94. The van der Waals surface area contributed by atoms with Crippen LogP contribution in [0, 0.1) is 0 Å². The summed E-state index contributed by atoms with van der Waals surface area (Å²) in [5.41, 5.74) is 2.11. The predicted octanol–water partition coefficient (Wildman–Crippen LogP) is 3.77. The predicted molar refractivity (Wildman–Crippen MR) is 87.4 cm³/mol. The van der Waals surface area contributed by atoms with Gasteiger partial charge in [0.25, 0.3) is 0 Å². The van der Waals surface area contributed by atoms with Crippen molar-refractivity contribution in [2.75, 3.05) is 7.11 Å². The highest BCUT2D eigenvalue weighted by Gasteiger charge is 2.24. The second kappa shape index (κ2) is 7.02. The molecule has 0 saturated carbocycles. The van der Waals surface area contributed by atoms with Crippen molar-refractivity contribution >= 4 is 12.1 Å². The highest BCUT2D eigenvalue weighted by Crippen LogP contribution is 2.30. The topological polar surface area (TPSA) is 64.6 Å². The maximum atomic E-state index is 12.1. The molecule has 0 aliphatic heterocycles. The minimum atomic E-state index is -0.536. The largest absolute Gasteiger partial charge is 0.465 e. The van der Waals surface area contributed by atoms with Crippen LogP contribution in [0.15, 0.2) is 18.2 Å². The molecule has 2 rings (SSSR count). The van der Waals surface area contributed by atoms with E-state index >= 15 is 0 Å². The molecule has 0 bridgehead atoms. The SMILES string of the molecule is COC(=O)c1ccc2c(c1)C(NC(=O)OC(C)(C)C)CCCC2. The summed E-state index contributed by atoms with van der Waals surface area (Å²) in [6, 6.07) is 5.41. The second-order valence-corrected chi connectivity index (χ2v) is 6.85. The minimum Gasteiger partial charge on any atom is -0.465 e. The smallest absolute Gasteiger partial charge is 0.408 e. The zero-order valence-corrected chi connectivity index (χ0v) is 14.3.